The van der Waals surface area contributed by atoms with Crippen molar-refractivity contribution in [1.29, 1.82) is 0 Å². The van der Waals surface area contributed by atoms with Gasteiger partial charge < -0.3 is 15.8 Å². The molecule has 0 aromatic heterocycles. The number of methoxy groups -OCH3 is 1. The maximum Gasteiger partial charge on any atom is 0.188 e. The molecule has 0 bridgehead atoms. The third kappa shape index (κ3) is 5.24. The number of guanidine groups is 1. The predicted molar refractivity (Wildman–Crippen MR) is 92.5 cm³/mol. The number of hydrogen-bond acceptors (Lipinski definition) is 2. The number of aliphatic imine (C=N–C) groups is 1. The van der Waals surface area contributed by atoms with Crippen LogP contribution in [0.15, 0.2) is 29.3 Å². The van der Waals surface area contributed by atoms with Crippen molar-refractivity contribution in [2.45, 2.75) is 57.4 Å². The summed E-state index contributed by atoms with van der Waals surface area (Å²) in [7, 11) is 1.69. The highest BCUT2D eigenvalue weighted by molar-refractivity contribution is 5.78. The zero-order valence-electron chi connectivity index (χ0n) is 13.8. The van der Waals surface area contributed by atoms with Crippen molar-refractivity contribution in [3.63, 3.8) is 0 Å². The molecule has 22 heavy (non-hydrogen) atoms. The van der Waals surface area contributed by atoms with Crippen molar-refractivity contribution >= 4 is 5.96 Å². The van der Waals surface area contributed by atoms with E-state index in [1.807, 2.05) is 12.1 Å². The molecule has 0 aliphatic heterocycles. The van der Waals surface area contributed by atoms with Crippen molar-refractivity contribution in [3.8, 4) is 5.75 Å². The topological polar surface area (TPSA) is 59.6 Å². The van der Waals surface area contributed by atoms with E-state index in [2.05, 4.69) is 29.4 Å². The molecule has 4 heteroatoms. The quantitative estimate of drug-likeness (QED) is 0.625. The number of nitrogens with two attached hydrogens (primary N) is 1. The van der Waals surface area contributed by atoms with E-state index < -0.39 is 0 Å². The van der Waals surface area contributed by atoms with Gasteiger partial charge in [-0.3, -0.25) is 4.99 Å². The normalized spacial score (nSPS) is 18.0. The van der Waals surface area contributed by atoms with E-state index in [-0.39, 0.29) is 0 Å². The van der Waals surface area contributed by atoms with Crippen LogP contribution in [0.5, 0.6) is 5.75 Å². The molecule has 1 aromatic carbocycles. The van der Waals surface area contributed by atoms with Crippen LogP contribution in [0.25, 0.3) is 0 Å². The number of nitrogens with zero attached hydrogens (tertiary/aromatic N) is 1. The lowest BCUT2D eigenvalue weighted by molar-refractivity contribution is 0.412. The maximum absolute atomic E-state index is 5.99. The van der Waals surface area contributed by atoms with Crippen LogP contribution in [-0.2, 0) is 0 Å². The Kier molecular flexibility index (Phi) is 6.56. The molecule has 0 heterocycles. The van der Waals surface area contributed by atoms with Gasteiger partial charge in [0.25, 0.3) is 0 Å². The Hall–Kier alpha value is -1.71. The lowest BCUT2D eigenvalue weighted by Gasteiger charge is -2.23. The van der Waals surface area contributed by atoms with Gasteiger partial charge in [-0.05, 0) is 42.9 Å². The molecule has 0 spiro atoms. The van der Waals surface area contributed by atoms with Gasteiger partial charge in [0.1, 0.15) is 5.75 Å². The maximum atomic E-state index is 5.99. The van der Waals surface area contributed by atoms with Crippen LogP contribution >= 0.6 is 0 Å². The van der Waals surface area contributed by atoms with E-state index in [0.29, 0.717) is 17.9 Å². The molecule has 1 aliphatic rings. The number of hydrogen-bond donors (Lipinski definition) is 2. The summed E-state index contributed by atoms with van der Waals surface area (Å²) >= 11 is 0. The van der Waals surface area contributed by atoms with Crippen LogP contribution in [-0.4, -0.2) is 25.7 Å². The standard InChI is InChI=1S/C18H29N3O/c1-14(15-8-10-17(22-2)11-9-15)12-13-20-18(19)21-16-6-4-3-5-7-16/h8-11,14,16H,3-7,12-13H2,1-2H3,(H3,19,20,21). The molecule has 1 aliphatic carbocycles. The fraction of sp³-hybridized carbons (Fsp3) is 0.611. The molecule has 0 amide bonds. The van der Waals surface area contributed by atoms with Gasteiger partial charge in [0.2, 0.25) is 0 Å². The SMILES string of the molecule is COc1ccc(C(C)CCN=C(N)NC2CCCCC2)cc1. The molecular weight excluding hydrogens is 274 g/mol. The number of rotatable bonds is 6. The Balaban J connectivity index is 1.74. The van der Waals surface area contributed by atoms with Crippen molar-refractivity contribution in [1.82, 2.24) is 5.32 Å². The van der Waals surface area contributed by atoms with E-state index in [0.717, 1.165) is 18.7 Å². The van der Waals surface area contributed by atoms with E-state index in [4.69, 9.17) is 10.5 Å². The fourth-order valence-corrected chi connectivity index (χ4v) is 2.98. The average Bonchev–Trinajstić information content (AvgIpc) is 2.55. The third-order valence-electron chi connectivity index (χ3n) is 4.49. The van der Waals surface area contributed by atoms with E-state index >= 15 is 0 Å². The first-order valence-electron chi connectivity index (χ1n) is 8.39. The summed E-state index contributed by atoms with van der Waals surface area (Å²) in [4.78, 5) is 4.48. The second kappa shape index (κ2) is 8.66. The van der Waals surface area contributed by atoms with Crippen LogP contribution in [0.1, 0.15) is 56.9 Å². The van der Waals surface area contributed by atoms with Crippen molar-refractivity contribution in [2.75, 3.05) is 13.7 Å². The first kappa shape index (κ1) is 16.7. The lowest BCUT2D eigenvalue weighted by Crippen LogP contribution is -2.41. The second-order valence-electron chi connectivity index (χ2n) is 6.21. The van der Waals surface area contributed by atoms with Gasteiger partial charge in [0.15, 0.2) is 5.96 Å². The minimum absolute atomic E-state index is 0.470. The molecular formula is C18H29N3O. The monoisotopic (exact) mass is 303 g/mol. The summed E-state index contributed by atoms with van der Waals surface area (Å²) in [6.07, 6.45) is 7.41. The molecule has 1 saturated carbocycles. The summed E-state index contributed by atoms with van der Waals surface area (Å²) < 4.78 is 5.19. The third-order valence-corrected chi connectivity index (χ3v) is 4.49. The molecule has 1 aromatic rings. The van der Waals surface area contributed by atoms with Gasteiger partial charge >= 0.3 is 0 Å². The molecule has 1 unspecified atom stereocenters. The summed E-state index contributed by atoms with van der Waals surface area (Å²) in [6.45, 7) is 2.99. The highest BCUT2D eigenvalue weighted by atomic mass is 16.5. The van der Waals surface area contributed by atoms with Gasteiger partial charge in [-0.25, -0.2) is 0 Å². The minimum atomic E-state index is 0.470. The van der Waals surface area contributed by atoms with E-state index in [1.54, 1.807) is 7.11 Å². The lowest BCUT2D eigenvalue weighted by atomic mass is 9.96. The zero-order valence-corrected chi connectivity index (χ0v) is 13.8. The van der Waals surface area contributed by atoms with Crippen LogP contribution in [0.3, 0.4) is 0 Å². The summed E-state index contributed by atoms with van der Waals surface area (Å²) in [5.74, 6) is 1.97. The van der Waals surface area contributed by atoms with Gasteiger partial charge in [-0.1, -0.05) is 38.3 Å². The largest absolute Gasteiger partial charge is 0.497 e. The predicted octanol–water partition coefficient (Wildman–Crippen LogP) is 3.43. The molecule has 122 valence electrons. The Labute approximate surface area is 134 Å². The highest BCUT2D eigenvalue weighted by Crippen LogP contribution is 2.21. The molecule has 1 fully saturated rings. The Morgan fingerprint density at radius 2 is 1.95 bits per heavy atom. The van der Waals surface area contributed by atoms with Crippen LogP contribution in [0.4, 0.5) is 0 Å². The Bertz CT molecular complexity index is 464. The summed E-state index contributed by atoms with van der Waals surface area (Å²) in [5.41, 5.74) is 7.30. The van der Waals surface area contributed by atoms with Crippen molar-refractivity contribution < 1.29 is 4.74 Å². The van der Waals surface area contributed by atoms with Crippen LogP contribution < -0.4 is 15.8 Å². The number of benzene rings is 1. The zero-order chi connectivity index (χ0) is 15.8. The Morgan fingerprint density at radius 1 is 1.27 bits per heavy atom. The minimum Gasteiger partial charge on any atom is -0.497 e. The van der Waals surface area contributed by atoms with Gasteiger partial charge in [0, 0.05) is 12.6 Å². The van der Waals surface area contributed by atoms with Crippen molar-refractivity contribution in [2.24, 2.45) is 10.7 Å². The van der Waals surface area contributed by atoms with Crippen molar-refractivity contribution in [3.05, 3.63) is 29.8 Å². The van der Waals surface area contributed by atoms with Crippen LogP contribution in [0, 0.1) is 0 Å². The first-order valence-corrected chi connectivity index (χ1v) is 8.39. The van der Waals surface area contributed by atoms with E-state index in [9.17, 15) is 0 Å². The summed E-state index contributed by atoms with van der Waals surface area (Å²) in [6, 6.07) is 8.78. The second-order valence-corrected chi connectivity index (χ2v) is 6.21. The molecule has 4 nitrogen and oxygen atoms in total. The van der Waals surface area contributed by atoms with Crippen LogP contribution in [0.2, 0.25) is 0 Å². The number of nitrogens with one attached hydrogen (secondary N) is 1. The smallest absolute Gasteiger partial charge is 0.188 e. The van der Waals surface area contributed by atoms with Gasteiger partial charge in [-0.15, -0.1) is 0 Å². The first-order chi connectivity index (χ1) is 10.7. The molecule has 1 atom stereocenters. The number of ether oxygens (including phenoxy) is 1. The average molecular weight is 303 g/mol. The molecule has 2 rings (SSSR count). The van der Waals surface area contributed by atoms with E-state index in [1.165, 1.54) is 37.7 Å². The summed E-state index contributed by atoms with van der Waals surface area (Å²) in [5, 5.41) is 3.36. The van der Waals surface area contributed by atoms with Gasteiger partial charge in [-0.2, -0.15) is 0 Å². The molecule has 0 radical (unpaired) electrons. The molecule has 3 N–H and O–H groups in total. The fourth-order valence-electron chi connectivity index (χ4n) is 2.98. The Morgan fingerprint density at radius 3 is 2.59 bits per heavy atom. The molecule has 0 saturated heterocycles. The van der Waals surface area contributed by atoms with Gasteiger partial charge in [0.05, 0.1) is 7.11 Å². The highest BCUT2D eigenvalue weighted by Gasteiger charge is 2.13.